The third-order valence-corrected chi connectivity index (χ3v) is 14.4. The fraction of sp³-hybridized carbons (Fsp3) is 0. The largest absolute Gasteiger partial charge is 0.309 e. The van der Waals surface area contributed by atoms with E-state index in [2.05, 4.69) is 244 Å². The number of hydrogen-bond acceptors (Lipinski definition) is 3. The number of hydrogen-bond donors (Lipinski definition) is 0. The molecule has 0 saturated heterocycles. The van der Waals surface area contributed by atoms with Crippen LogP contribution in [0, 0.1) is 0 Å². The molecule has 13 aromatic rings. The van der Waals surface area contributed by atoms with Gasteiger partial charge in [0.1, 0.15) is 5.82 Å². The third-order valence-electron chi connectivity index (χ3n) is 14.4. The summed E-state index contributed by atoms with van der Waals surface area (Å²) in [5.41, 5.74) is 17.4. The van der Waals surface area contributed by atoms with Crippen molar-refractivity contribution in [2.24, 2.45) is 0 Å². The van der Waals surface area contributed by atoms with Gasteiger partial charge in [-0.1, -0.05) is 146 Å². The lowest BCUT2D eigenvalue weighted by Crippen LogP contribution is -2.09. The van der Waals surface area contributed by atoms with Gasteiger partial charge in [-0.15, -0.1) is 0 Å². The molecule has 0 atom stereocenters. The highest BCUT2D eigenvalue weighted by atomic mass is 15.2. The van der Waals surface area contributed by atoms with Crippen LogP contribution < -0.4 is 0 Å². The summed E-state index contributed by atoms with van der Waals surface area (Å²) in [5, 5.41) is 8.05. The van der Waals surface area contributed by atoms with Gasteiger partial charge < -0.3 is 9.13 Å². The Kier molecular flexibility index (Phi) is 8.56. The Labute approximate surface area is 407 Å². The normalized spacial score (nSPS) is 11.9. The van der Waals surface area contributed by atoms with Crippen molar-refractivity contribution in [1.82, 2.24) is 28.7 Å². The molecule has 0 radical (unpaired) electrons. The monoisotopic (exact) mass is 904 g/mol. The average Bonchev–Trinajstić information content (AvgIpc) is 4.09. The van der Waals surface area contributed by atoms with E-state index in [1.807, 2.05) is 12.1 Å². The molecule has 0 aliphatic carbocycles. The smallest absolute Gasteiger partial charge is 0.237 e. The highest BCUT2D eigenvalue weighted by Crippen LogP contribution is 2.42. The van der Waals surface area contributed by atoms with Crippen LogP contribution in [0.2, 0.25) is 0 Å². The van der Waals surface area contributed by atoms with Gasteiger partial charge in [0.2, 0.25) is 5.95 Å². The molecule has 0 saturated carbocycles. The van der Waals surface area contributed by atoms with E-state index in [9.17, 15) is 0 Å². The first-order valence-corrected chi connectivity index (χ1v) is 24.1. The van der Waals surface area contributed by atoms with Gasteiger partial charge in [0.25, 0.3) is 0 Å². The van der Waals surface area contributed by atoms with Crippen LogP contribution in [0.25, 0.3) is 139 Å². The Morgan fingerprint density at radius 3 is 1.32 bits per heavy atom. The van der Waals surface area contributed by atoms with Crippen LogP contribution in [0.3, 0.4) is 0 Å². The first kappa shape index (κ1) is 39.4. The van der Waals surface area contributed by atoms with Crippen molar-refractivity contribution in [3.63, 3.8) is 0 Å². The first-order chi connectivity index (χ1) is 35.2. The fourth-order valence-electron chi connectivity index (χ4n) is 11.2. The molecule has 15 rings (SSSR count). The number of fused-ring (bicyclic) bond motifs is 11. The summed E-state index contributed by atoms with van der Waals surface area (Å²) >= 11 is 0. The standard InChI is InChI=1S/C65H40N6/c1-4-16-41(17-5-1)63-51-24-11-14-26-57(51)67-65(68-63)71-58-32-28-42(36-46(58)40-55-49-22-10-13-25-56(49)66-64(55)71)43-29-34-61-53(38-43)54-39-45(31-35-62(54)70(61)48-20-8-3-9-21-48)44-30-33-60-52(37-44)50-23-12-15-27-59(50)69(60)47-18-6-2-7-19-47/h1-40H. The highest BCUT2D eigenvalue weighted by molar-refractivity contribution is 6.14. The summed E-state index contributed by atoms with van der Waals surface area (Å²) in [5.74, 6) is 1.41. The molecule has 2 aliphatic heterocycles. The fourth-order valence-corrected chi connectivity index (χ4v) is 11.2. The second-order valence-corrected chi connectivity index (χ2v) is 18.4. The van der Waals surface area contributed by atoms with E-state index in [0.29, 0.717) is 5.95 Å². The molecule has 0 bridgehead atoms. The number of para-hydroxylation sites is 5. The molecule has 330 valence electrons. The van der Waals surface area contributed by atoms with Gasteiger partial charge in [-0.05, 0) is 119 Å². The molecule has 6 heteroatoms. The third kappa shape index (κ3) is 6.11. The van der Waals surface area contributed by atoms with E-state index >= 15 is 0 Å². The Morgan fingerprint density at radius 1 is 0.268 bits per heavy atom. The Bertz CT molecular complexity index is 4560. The van der Waals surface area contributed by atoms with Crippen LogP contribution in [0.15, 0.2) is 243 Å². The predicted octanol–water partition coefficient (Wildman–Crippen LogP) is 16.4. The number of benzene rings is 10. The van der Waals surface area contributed by atoms with Crippen molar-refractivity contribution >= 4 is 76.3 Å². The SMILES string of the molecule is c1ccc(-c2nc(-n3c4nc5ccccc5c-4cc4cc(-c5ccc6c(c5)c5cc(-c7ccc8c(c7)c7ccccc7n8-c7ccccc7)ccc5n6-c5ccccc5)ccc43)nc3ccccc23)cc1. The molecule has 3 aromatic heterocycles. The van der Waals surface area contributed by atoms with E-state index in [1.54, 1.807) is 0 Å². The van der Waals surface area contributed by atoms with E-state index in [0.717, 1.165) is 88.9 Å². The molecular weight excluding hydrogens is 865 g/mol. The van der Waals surface area contributed by atoms with Crippen molar-refractivity contribution in [2.75, 3.05) is 0 Å². The summed E-state index contributed by atoms with van der Waals surface area (Å²) < 4.78 is 6.93. The lowest BCUT2D eigenvalue weighted by Gasteiger charge is -2.17. The van der Waals surface area contributed by atoms with Crippen molar-refractivity contribution in [3.8, 4) is 62.2 Å². The van der Waals surface area contributed by atoms with E-state index in [4.69, 9.17) is 15.0 Å². The maximum absolute atomic E-state index is 5.36. The van der Waals surface area contributed by atoms with Crippen LogP contribution in [0.5, 0.6) is 0 Å². The molecule has 71 heavy (non-hydrogen) atoms. The van der Waals surface area contributed by atoms with E-state index in [-0.39, 0.29) is 0 Å². The summed E-state index contributed by atoms with van der Waals surface area (Å²) in [4.78, 5) is 15.9. The van der Waals surface area contributed by atoms with Crippen LogP contribution in [0.4, 0.5) is 0 Å². The number of aromatic nitrogens is 6. The van der Waals surface area contributed by atoms with Gasteiger partial charge in [-0.2, -0.15) is 0 Å². The number of pyridine rings is 1. The van der Waals surface area contributed by atoms with Gasteiger partial charge in [0, 0.05) is 60.2 Å². The van der Waals surface area contributed by atoms with Gasteiger partial charge in [0.15, 0.2) is 0 Å². The molecule has 6 nitrogen and oxygen atoms in total. The molecule has 0 amide bonds. The minimum Gasteiger partial charge on any atom is -0.309 e. The zero-order valence-electron chi connectivity index (χ0n) is 38.3. The summed E-state index contributed by atoms with van der Waals surface area (Å²) in [6.07, 6.45) is 0. The first-order valence-electron chi connectivity index (χ1n) is 24.1. The molecule has 0 spiro atoms. The molecule has 2 aliphatic rings. The minimum atomic E-state index is 0.584. The highest BCUT2D eigenvalue weighted by Gasteiger charge is 2.23. The second kappa shape index (κ2) is 15.4. The van der Waals surface area contributed by atoms with Gasteiger partial charge >= 0.3 is 0 Å². The van der Waals surface area contributed by atoms with Crippen LogP contribution >= 0.6 is 0 Å². The lowest BCUT2D eigenvalue weighted by molar-refractivity contribution is 0.961. The second-order valence-electron chi connectivity index (χ2n) is 18.4. The Balaban J connectivity index is 0.922. The molecular formula is C65H40N6. The maximum Gasteiger partial charge on any atom is 0.237 e. The molecule has 0 N–H and O–H groups in total. The predicted molar refractivity (Wildman–Crippen MR) is 293 cm³/mol. The zero-order valence-corrected chi connectivity index (χ0v) is 38.3. The van der Waals surface area contributed by atoms with Crippen molar-refractivity contribution in [1.29, 1.82) is 0 Å². The zero-order chi connectivity index (χ0) is 46.6. The lowest BCUT2D eigenvalue weighted by atomic mass is 9.98. The Hall–Kier alpha value is -9.65. The topological polar surface area (TPSA) is 53.5 Å². The molecule has 5 heterocycles. The molecule has 10 aromatic carbocycles. The Morgan fingerprint density at radius 2 is 0.718 bits per heavy atom. The summed E-state index contributed by atoms with van der Waals surface area (Å²) in [7, 11) is 0. The number of nitrogens with zero attached hydrogens (tertiary/aromatic N) is 6. The van der Waals surface area contributed by atoms with E-state index < -0.39 is 0 Å². The average molecular weight is 905 g/mol. The number of rotatable bonds is 6. The van der Waals surface area contributed by atoms with Crippen molar-refractivity contribution in [3.05, 3.63) is 243 Å². The van der Waals surface area contributed by atoms with E-state index in [1.165, 1.54) is 43.7 Å². The summed E-state index contributed by atoms with van der Waals surface area (Å²) in [6.45, 7) is 0. The van der Waals surface area contributed by atoms with Crippen LogP contribution in [0.1, 0.15) is 0 Å². The van der Waals surface area contributed by atoms with Gasteiger partial charge in [-0.25, -0.2) is 15.0 Å². The maximum atomic E-state index is 5.36. The van der Waals surface area contributed by atoms with Gasteiger partial charge in [-0.3, -0.25) is 4.57 Å². The molecule has 0 fully saturated rings. The minimum absolute atomic E-state index is 0.584. The quantitative estimate of drug-likeness (QED) is 0.167. The van der Waals surface area contributed by atoms with Crippen LogP contribution in [-0.4, -0.2) is 28.7 Å². The van der Waals surface area contributed by atoms with Crippen molar-refractivity contribution in [2.45, 2.75) is 0 Å². The van der Waals surface area contributed by atoms with Gasteiger partial charge in [0.05, 0.1) is 44.3 Å². The van der Waals surface area contributed by atoms with Crippen molar-refractivity contribution < 1.29 is 0 Å². The van der Waals surface area contributed by atoms with Crippen LogP contribution in [-0.2, 0) is 0 Å². The summed E-state index contributed by atoms with van der Waals surface area (Å²) in [6, 6.07) is 87.0. The molecule has 0 unspecified atom stereocenters.